The zero-order valence-electron chi connectivity index (χ0n) is 10.9. The summed E-state index contributed by atoms with van der Waals surface area (Å²) in [6, 6.07) is 5.98. The average Bonchev–Trinajstić information content (AvgIpc) is 2.83. The molecule has 18 heavy (non-hydrogen) atoms. The van der Waals surface area contributed by atoms with E-state index in [2.05, 4.69) is 17.2 Å². The fraction of sp³-hybridized carbons (Fsp3) is 0.500. The third kappa shape index (κ3) is 1.86. The van der Waals surface area contributed by atoms with Gasteiger partial charge in [-0.1, -0.05) is 6.92 Å². The quantitative estimate of drug-likeness (QED) is 0.853. The fourth-order valence-corrected chi connectivity index (χ4v) is 2.62. The Labute approximate surface area is 107 Å². The highest BCUT2D eigenvalue weighted by molar-refractivity contribution is 5.77. The van der Waals surface area contributed by atoms with Gasteiger partial charge >= 0.3 is 0 Å². The summed E-state index contributed by atoms with van der Waals surface area (Å²) >= 11 is 0. The van der Waals surface area contributed by atoms with Crippen LogP contribution in [0.4, 0.5) is 0 Å². The van der Waals surface area contributed by atoms with Crippen LogP contribution in [0, 0.1) is 0 Å². The highest BCUT2D eigenvalue weighted by atomic mass is 16.5. The minimum Gasteiger partial charge on any atom is -0.497 e. The molecule has 1 fully saturated rings. The highest BCUT2D eigenvalue weighted by Crippen LogP contribution is 2.32. The van der Waals surface area contributed by atoms with Gasteiger partial charge in [0.25, 0.3) is 0 Å². The molecule has 0 spiro atoms. The summed E-state index contributed by atoms with van der Waals surface area (Å²) in [6.07, 6.45) is 2.26. The molecular formula is C14H19N3O. The standard InChI is InChI=1S/C14H19N3O/c1-14(5-7-15-8-6-14)13-16-11-4-3-10(18-2)9-12(11)17-13/h3-4,9,15H,5-8H2,1-2H3,(H,16,17). The summed E-state index contributed by atoms with van der Waals surface area (Å²) in [5, 5.41) is 3.40. The highest BCUT2D eigenvalue weighted by Gasteiger charge is 2.31. The SMILES string of the molecule is COc1ccc2nc(C3(C)CCNCC3)[nH]c2c1. The molecule has 0 atom stereocenters. The number of piperidine rings is 1. The summed E-state index contributed by atoms with van der Waals surface area (Å²) in [5.74, 6) is 1.97. The Morgan fingerprint density at radius 2 is 2.06 bits per heavy atom. The van der Waals surface area contributed by atoms with E-state index in [0.29, 0.717) is 0 Å². The lowest BCUT2D eigenvalue weighted by Crippen LogP contribution is -2.38. The van der Waals surface area contributed by atoms with E-state index in [-0.39, 0.29) is 5.41 Å². The van der Waals surface area contributed by atoms with Crippen molar-refractivity contribution in [1.29, 1.82) is 0 Å². The summed E-state index contributed by atoms with van der Waals surface area (Å²) in [6.45, 7) is 4.43. The topological polar surface area (TPSA) is 49.9 Å². The third-order valence-corrected chi connectivity index (χ3v) is 3.97. The van der Waals surface area contributed by atoms with E-state index in [9.17, 15) is 0 Å². The summed E-state index contributed by atoms with van der Waals surface area (Å²) in [7, 11) is 1.69. The lowest BCUT2D eigenvalue weighted by atomic mass is 9.80. The number of nitrogens with zero attached hydrogens (tertiary/aromatic N) is 1. The van der Waals surface area contributed by atoms with Gasteiger partial charge in [0.2, 0.25) is 0 Å². The number of aromatic amines is 1. The second kappa shape index (κ2) is 4.28. The van der Waals surface area contributed by atoms with Crippen LogP contribution < -0.4 is 10.1 Å². The molecule has 4 nitrogen and oxygen atoms in total. The molecule has 1 aromatic carbocycles. The van der Waals surface area contributed by atoms with Crippen molar-refractivity contribution in [3.63, 3.8) is 0 Å². The van der Waals surface area contributed by atoms with Gasteiger partial charge in [0, 0.05) is 11.5 Å². The molecule has 0 saturated carbocycles. The molecule has 0 bridgehead atoms. The number of rotatable bonds is 2. The number of benzene rings is 1. The van der Waals surface area contributed by atoms with Crippen LogP contribution in [0.15, 0.2) is 18.2 Å². The second-order valence-electron chi connectivity index (χ2n) is 5.28. The van der Waals surface area contributed by atoms with Crippen LogP contribution in [0.1, 0.15) is 25.6 Å². The van der Waals surface area contributed by atoms with Crippen LogP contribution in [0.25, 0.3) is 11.0 Å². The maximum absolute atomic E-state index is 5.24. The van der Waals surface area contributed by atoms with E-state index < -0.39 is 0 Å². The van der Waals surface area contributed by atoms with E-state index in [1.807, 2.05) is 18.2 Å². The molecule has 1 saturated heterocycles. The molecule has 0 amide bonds. The van der Waals surface area contributed by atoms with E-state index in [1.165, 1.54) is 0 Å². The fourth-order valence-electron chi connectivity index (χ4n) is 2.62. The average molecular weight is 245 g/mol. The predicted molar refractivity (Wildman–Crippen MR) is 72.1 cm³/mol. The zero-order chi connectivity index (χ0) is 12.6. The van der Waals surface area contributed by atoms with Crippen LogP contribution in [0.2, 0.25) is 0 Å². The molecule has 0 unspecified atom stereocenters. The number of fused-ring (bicyclic) bond motifs is 1. The lowest BCUT2D eigenvalue weighted by Gasteiger charge is -2.32. The molecule has 96 valence electrons. The van der Waals surface area contributed by atoms with Gasteiger partial charge in [-0.15, -0.1) is 0 Å². The molecule has 2 heterocycles. The molecule has 1 aliphatic rings. The zero-order valence-corrected chi connectivity index (χ0v) is 10.9. The maximum Gasteiger partial charge on any atom is 0.121 e. The van der Waals surface area contributed by atoms with E-state index >= 15 is 0 Å². The minimum atomic E-state index is 0.164. The first-order valence-corrected chi connectivity index (χ1v) is 6.46. The number of methoxy groups -OCH3 is 1. The number of imidazole rings is 1. The molecule has 0 radical (unpaired) electrons. The van der Waals surface area contributed by atoms with Crippen LogP contribution >= 0.6 is 0 Å². The molecule has 1 aliphatic heterocycles. The Morgan fingerprint density at radius 3 is 2.78 bits per heavy atom. The van der Waals surface area contributed by atoms with E-state index in [4.69, 9.17) is 9.72 Å². The van der Waals surface area contributed by atoms with Gasteiger partial charge in [-0.3, -0.25) is 0 Å². The van der Waals surface area contributed by atoms with Gasteiger partial charge in [0.1, 0.15) is 11.6 Å². The molecule has 4 heteroatoms. The van der Waals surface area contributed by atoms with Gasteiger partial charge in [0.15, 0.2) is 0 Å². The first-order valence-electron chi connectivity index (χ1n) is 6.46. The van der Waals surface area contributed by atoms with Crippen molar-refractivity contribution in [3.8, 4) is 5.75 Å². The Morgan fingerprint density at radius 1 is 1.28 bits per heavy atom. The van der Waals surface area contributed by atoms with Crippen molar-refractivity contribution in [2.24, 2.45) is 0 Å². The Kier molecular flexibility index (Phi) is 2.74. The monoisotopic (exact) mass is 245 g/mol. The number of nitrogens with one attached hydrogen (secondary N) is 2. The molecule has 1 aromatic heterocycles. The molecular weight excluding hydrogens is 226 g/mol. The Hall–Kier alpha value is -1.55. The van der Waals surface area contributed by atoms with Crippen LogP contribution in [0.5, 0.6) is 5.75 Å². The van der Waals surface area contributed by atoms with Crippen molar-refractivity contribution in [2.45, 2.75) is 25.2 Å². The van der Waals surface area contributed by atoms with Gasteiger partial charge in [-0.25, -0.2) is 4.98 Å². The van der Waals surface area contributed by atoms with Crippen molar-refractivity contribution in [3.05, 3.63) is 24.0 Å². The largest absolute Gasteiger partial charge is 0.497 e. The van der Waals surface area contributed by atoms with Crippen LogP contribution in [-0.2, 0) is 5.41 Å². The summed E-state index contributed by atoms with van der Waals surface area (Å²) in [4.78, 5) is 8.21. The molecule has 0 aliphatic carbocycles. The Balaban J connectivity index is 2.02. The first kappa shape index (κ1) is 11.5. The lowest BCUT2D eigenvalue weighted by molar-refractivity contribution is 0.321. The third-order valence-electron chi connectivity index (χ3n) is 3.97. The number of ether oxygens (including phenoxy) is 1. The number of hydrogen-bond donors (Lipinski definition) is 2. The number of aromatic nitrogens is 2. The first-order chi connectivity index (χ1) is 8.71. The molecule has 2 aromatic rings. The van der Waals surface area contributed by atoms with Crippen molar-refractivity contribution >= 4 is 11.0 Å². The number of hydrogen-bond acceptors (Lipinski definition) is 3. The normalized spacial score (nSPS) is 19.0. The molecule has 2 N–H and O–H groups in total. The summed E-state index contributed by atoms with van der Waals surface area (Å²) < 4.78 is 5.24. The van der Waals surface area contributed by atoms with E-state index in [1.54, 1.807) is 7.11 Å². The smallest absolute Gasteiger partial charge is 0.121 e. The van der Waals surface area contributed by atoms with Gasteiger partial charge in [-0.05, 0) is 38.1 Å². The summed E-state index contributed by atoms with van der Waals surface area (Å²) in [5.41, 5.74) is 2.24. The van der Waals surface area contributed by atoms with Crippen molar-refractivity contribution in [1.82, 2.24) is 15.3 Å². The van der Waals surface area contributed by atoms with Crippen LogP contribution in [-0.4, -0.2) is 30.2 Å². The Bertz CT molecular complexity index is 555. The maximum atomic E-state index is 5.24. The predicted octanol–water partition coefficient (Wildman–Crippen LogP) is 2.21. The van der Waals surface area contributed by atoms with E-state index in [0.717, 1.165) is 48.5 Å². The number of H-pyrrole nitrogens is 1. The van der Waals surface area contributed by atoms with Crippen LogP contribution in [0.3, 0.4) is 0 Å². The van der Waals surface area contributed by atoms with Crippen molar-refractivity contribution < 1.29 is 4.74 Å². The van der Waals surface area contributed by atoms with Gasteiger partial charge < -0.3 is 15.0 Å². The molecule has 3 rings (SSSR count). The van der Waals surface area contributed by atoms with Crippen molar-refractivity contribution in [2.75, 3.05) is 20.2 Å². The van der Waals surface area contributed by atoms with Gasteiger partial charge in [-0.2, -0.15) is 0 Å². The minimum absolute atomic E-state index is 0.164. The van der Waals surface area contributed by atoms with Gasteiger partial charge in [0.05, 0.1) is 18.1 Å². The second-order valence-corrected chi connectivity index (χ2v) is 5.28.